The number of rotatable bonds is 4. The van der Waals surface area contributed by atoms with E-state index in [4.69, 9.17) is 11.6 Å². The summed E-state index contributed by atoms with van der Waals surface area (Å²) in [6, 6.07) is 7.14. The molecule has 0 radical (unpaired) electrons. The third-order valence-electron chi connectivity index (χ3n) is 3.94. The summed E-state index contributed by atoms with van der Waals surface area (Å²) in [6.07, 6.45) is 0.722. The lowest BCUT2D eigenvalue weighted by Crippen LogP contribution is -2.45. The topological polar surface area (TPSA) is 60.9 Å². The number of aliphatic hydroxyl groups is 1. The van der Waals surface area contributed by atoms with E-state index in [2.05, 4.69) is 0 Å². The molecule has 0 aliphatic carbocycles. The van der Waals surface area contributed by atoms with Crippen LogP contribution >= 0.6 is 11.6 Å². The van der Waals surface area contributed by atoms with Gasteiger partial charge in [-0.05, 0) is 36.5 Å². The van der Waals surface area contributed by atoms with Crippen LogP contribution in [-0.4, -0.2) is 49.3 Å². The van der Waals surface area contributed by atoms with Crippen molar-refractivity contribution in [3.8, 4) is 0 Å². The molecule has 1 unspecified atom stereocenters. The van der Waals surface area contributed by atoms with Gasteiger partial charge in [0.05, 0.1) is 6.10 Å². The highest BCUT2D eigenvalue weighted by atomic mass is 35.5. The van der Waals surface area contributed by atoms with E-state index in [0.717, 1.165) is 5.56 Å². The smallest absolute Gasteiger partial charge is 0.281 e. The minimum Gasteiger partial charge on any atom is -0.388 e. The third kappa shape index (κ3) is 3.76. The van der Waals surface area contributed by atoms with Crippen LogP contribution in [0.1, 0.15) is 24.5 Å². The standard InChI is InChI=1S/C14H21ClN2O3S/c1-16(2)21(19,20)17-9-7-12(8-10-17)14(18)11-3-5-13(15)6-4-11/h3-6,12,14,18H,7-10H2,1-2H3. The molecule has 1 fully saturated rings. The second-order valence-corrected chi connectivity index (χ2v) is 8.10. The van der Waals surface area contributed by atoms with Crippen molar-refractivity contribution in [1.82, 2.24) is 8.61 Å². The maximum absolute atomic E-state index is 12.0. The molecule has 0 amide bonds. The summed E-state index contributed by atoms with van der Waals surface area (Å²) in [5.74, 6) is 0.0692. The van der Waals surface area contributed by atoms with Crippen LogP contribution in [0.4, 0.5) is 0 Å². The predicted octanol–water partition coefficient (Wildman–Crippen LogP) is 1.89. The Morgan fingerprint density at radius 3 is 2.24 bits per heavy atom. The fourth-order valence-corrected chi connectivity index (χ4v) is 3.85. The fourth-order valence-electron chi connectivity index (χ4n) is 2.59. The average Bonchev–Trinajstić information content (AvgIpc) is 2.47. The number of aliphatic hydroxyl groups excluding tert-OH is 1. The number of nitrogens with zero attached hydrogens (tertiary/aromatic N) is 2. The van der Waals surface area contributed by atoms with Gasteiger partial charge < -0.3 is 5.11 Å². The molecule has 1 aromatic carbocycles. The van der Waals surface area contributed by atoms with Gasteiger partial charge in [0.1, 0.15) is 0 Å². The van der Waals surface area contributed by atoms with Crippen molar-refractivity contribution in [1.29, 1.82) is 0 Å². The van der Waals surface area contributed by atoms with E-state index in [1.807, 2.05) is 12.1 Å². The zero-order valence-electron chi connectivity index (χ0n) is 12.2. The summed E-state index contributed by atoms with van der Waals surface area (Å²) in [4.78, 5) is 0. The van der Waals surface area contributed by atoms with Crippen LogP contribution in [0.3, 0.4) is 0 Å². The van der Waals surface area contributed by atoms with Gasteiger partial charge in [0.25, 0.3) is 10.2 Å². The molecule has 1 N–H and O–H groups in total. The number of hydrogen-bond donors (Lipinski definition) is 1. The molecule has 1 heterocycles. The molecule has 21 heavy (non-hydrogen) atoms. The number of benzene rings is 1. The molecule has 1 aliphatic rings. The lowest BCUT2D eigenvalue weighted by Gasteiger charge is -2.34. The van der Waals surface area contributed by atoms with Gasteiger partial charge in [0, 0.05) is 32.2 Å². The molecule has 1 aromatic rings. The highest BCUT2D eigenvalue weighted by Crippen LogP contribution is 2.32. The minimum absolute atomic E-state index is 0.0692. The Kier molecular flexibility index (Phi) is 5.27. The van der Waals surface area contributed by atoms with Gasteiger partial charge in [0.2, 0.25) is 0 Å². The average molecular weight is 333 g/mol. The molecule has 0 spiro atoms. The zero-order valence-corrected chi connectivity index (χ0v) is 13.8. The second kappa shape index (κ2) is 6.62. The molecule has 7 heteroatoms. The molecule has 0 bridgehead atoms. The first-order valence-corrected chi connectivity index (χ1v) is 8.71. The van der Waals surface area contributed by atoms with Crippen LogP contribution in [0.2, 0.25) is 5.02 Å². The first-order chi connectivity index (χ1) is 9.82. The van der Waals surface area contributed by atoms with Crippen molar-refractivity contribution < 1.29 is 13.5 Å². The quantitative estimate of drug-likeness (QED) is 0.916. The molecule has 118 valence electrons. The second-order valence-electron chi connectivity index (χ2n) is 5.52. The Hall–Kier alpha value is -0.660. The van der Waals surface area contributed by atoms with Gasteiger partial charge in [0.15, 0.2) is 0 Å². The lowest BCUT2D eigenvalue weighted by molar-refractivity contribution is 0.0752. The van der Waals surface area contributed by atoms with Crippen LogP contribution < -0.4 is 0 Å². The predicted molar refractivity (Wildman–Crippen MR) is 83.3 cm³/mol. The molecule has 5 nitrogen and oxygen atoms in total. The van der Waals surface area contributed by atoms with Crippen LogP contribution in [0.5, 0.6) is 0 Å². The summed E-state index contributed by atoms with van der Waals surface area (Å²) in [5.41, 5.74) is 0.827. The Balaban J connectivity index is 1.99. The van der Waals surface area contributed by atoms with E-state index in [1.165, 1.54) is 22.7 Å². The summed E-state index contributed by atoms with van der Waals surface area (Å²) >= 11 is 5.84. The van der Waals surface area contributed by atoms with E-state index in [0.29, 0.717) is 31.0 Å². The van der Waals surface area contributed by atoms with Gasteiger partial charge in [-0.25, -0.2) is 0 Å². The van der Waals surface area contributed by atoms with Gasteiger partial charge in [-0.15, -0.1) is 0 Å². The monoisotopic (exact) mass is 332 g/mol. The molecule has 2 rings (SSSR count). The lowest BCUT2D eigenvalue weighted by atomic mass is 9.88. The number of halogens is 1. The van der Waals surface area contributed by atoms with Crippen molar-refractivity contribution in [2.24, 2.45) is 5.92 Å². The fraction of sp³-hybridized carbons (Fsp3) is 0.571. The highest BCUT2D eigenvalue weighted by Gasteiger charge is 2.32. The normalized spacial score (nSPS) is 19.9. The maximum atomic E-state index is 12.0. The molecule has 1 atom stereocenters. The first-order valence-electron chi connectivity index (χ1n) is 6.93. The number of piperidine rings is 1. The van der Waals surface area contributed by atoms with E-state index in [-0.39, 0.29) is 5.92 Å². The van der Waals surface area contributed by atoms with Crippen molar-refractivity contribution >= 4 is 21.8 Å². The Bertz CT molecular complexity index is 566. The van der Waals surface area contributed by atoms with Crippen LogP contribution in [0, 0.1) is 5.92 Å². The van der Waals surface area contributed by atoms with Crippen molar-refractivity contribution in [3.63, 3.8) is 0 Å². The van der Waals surface area contributed by atoms with E-state index in [9.17, 15) is 13.5 Å². The number of hydrogen-bond acceptors (Lipinski definition) is 3. The van der Waals surface area contributed by atoms with Gasteiger partial charge in [-0.2, -0.15) is 17.0 Å². The minimum atomic E-state index is -3.35. The Labute approximate surface area is 131 Å². The maximum Gasteiger partial charge on any atom is 0.281 e. The molecular weight excluding hydrogens is 312 g/mol. The van der Waals surface area contributed by atoms with E-state index >= 15 is 0 Å². The summed E-state index contributed by atoms with van der Waals surface area (Å²) in [5, 5.41) is 11.0. The van der Waals surface area contributed by atoms with Crippen LogP contribution in [-0.2, 0) is 10.2 Å². The highest BCUT2D eigenvalue weighted by molar-refractivity contribution is 7.86. The zero-order chi connectivity index (χ0) is 15.6. The van der Waals surface area contributed by atoms with Crippen LogP contribution in [0.25, 0.3) is 0 Å². The Morgan fingerprint density at radius 1 is 1.24 bits per heavy atom. The molecular formula is C14H21ClN2O3S. The van der Waals surface area contributed by atoms with E-state index in [1.54, 1.807) is 12.1 Å². The SMILES string of the molecule is CN(C)S(=O)(=O)N1CCC(C(O)c2ccc(Cl)cc2)CC1. The Morgan fingerprint density at radius 2 is 1.76 bits per heavy atom. The summed E-state index contributed by atoms with van der Waals surface area (Å²) < 4.78 is 26.8. The summed E-state index contributed by atoms with van der Waals surface area (Å²) in [7, 11) is -0.288. The van der Waals surface area contributed by atoms with Gasteiger partial charge >= 0.3 is 0 Å². The van der Waals surface area contributed by atoms with Gasteiger partial charge in [-0.1, -0.05) is 23.7 Å². The molecule has 0 saturated carbocycles. The van der Waals surface area contributed by atoms with Crippen molar-refractivity contribution in [2.75, 3.05) is 27.2 Å². The van der Waals surface area contributed by atoms with Crippen molar-refractivity contribution in [2.45, 2.75) is 18.9 Å². The first kappa shape index (κ1) is 16.7. The molecule has 1 aliphatic heterocycles. The summed E-state index contributed by atoms with van der Waals surface area (Å²) in [6.45, 7) is 0.881. The van der Waals surface area contributed by atoms with E-state index < -0.39 is 16.3 Å². The third-order valence-corrected chi connectivity index (χ3v) is 6.14. The molecule has 1 saturated heterocycles. The van der Waals surface area contributed by atoms with Gasteiger partial charge in [-0.3, -0.25) is 0 Å². The largest absolute Gasteiger partial charge is 0.388 e. The van der Waals surface area contributed by atoms with Crippen LogP contribution in [0.15, 0.2) is 24.3 Å². The van der Waals surface area contributed by atoms with Crippen molar-refractivity contribution in [3.05, 3.63) is 34.9 Å². The molecule has 0 aromatic heterocycles.